The van der Waals surface area contributed by atoms with Crippen molar-refractivity contribution < 1.29 is 14.3 Å². The van der Waals surface area contributed by atoms with Crippen molar-refractivity contribution in [3.63, 3.8) is 0 Å². The van der Waals surface area contributed by atoms with Crippen molar-refractivity contribution >= 4 is 17.4 Å². The van der Waals surface area contributed by atoms with Gasteiger partial charge in [0.25, 0.3) is 5.91 Å². The van der Waals surface area contributed by atoms with E-state index in [0.29, 0.717) is 17.0 Å². The fourth-order valence-electron chi connectivity index (χ4n) is 2.67. The van der Waals surface area contributed by atoms with Crippen LogP contribution in [0.15, 0.2) is 78.9 Å². The number of rotatable bonds is 6. The number of Topliss-reactive ketones (excluding diaryl/α,β-unsaturated/α-hetero) is 1. The molecule has 3 aromatic carbocycles. The van der Waals surface area contributed by atoms with Gasteiger partial charge in [-0.1, -0.05) is 54.6 Å². The molecule has 27 heavy (non-hydrogen) atoms. The van der Waals surface area contributed by atoms with E-state index in [2.05, 4.69) is 5.32 Å². The third-order valence-corrected chi connectivity index (χ3v) is 4.18. The highest BCUT2D eigenvalue weighted by Crippen LogP contribution is 2.23. The maximum atomic E-state index is 12.4. The average molecular weight is 359 g/mol. The van der Waals surface area contributed by atoms with Crippen molar-refractivity contribution in [1.82, 2.24) is 0 Å². The molecule has 3 rings (SSSR count). The maximum Gasteiger partial charge on any atom is 0.265 e. The van der Waals surface area contributed by atoms with E-state index in [4.69, 9.17) is 4.74 Å². The first-order chi connectivity index (χ1) is 13.0. The summed E-state index contributed by atoms with van der Waals surface area (Å²) in [6.07, 6.45) is -0.673. The summed E-state index contributed by atoms with van der Waals surface area (Å²) in [4.78, 5) is 23.8. The Morgan fingerprint density at radius 1 is 0.852 bits per heavy atom. The molecule has 0 saturated heterocycles. The number of ether oxygens (including phenoxy) is 1. The molecule has 0 aromatic heterocycles. The van der Waals surface area contributed by atoms with Gasteiger partial charge in [-0.3, -0.25) is 9.59 Å². The molecule has 1 N–H and O–H groups in total. The molecule has 0 aliphatic carbocycles. The first-order valence-corrected chi connectivity index (χ1v) is 8.77. The molecule has 0 unspecified atom stereocenters. The van der Waals surface area contributed by atoms with Crippen LogP contribution in [0, 0.1) is 0 Å². The summed E-state index contributed by atoms with van der Waals surface area (Å²) in [6.45, 7) is 3.18. The van der Waals surface area contributed by atoms with Crippen molar-refractivity contribution in [3.05, 3.63) is 84.4 Å². The Kier molecular flexibility index (Phi) is 5.67. The third-order valence-electron chi connectivity index (χ3n) is 4.18. The zero-order valence-corrected chi connectivity index (χ0v) is 15.3. The fraction of sp³-hybridized carbons (Fsp3) is 0.130. The summed E-state index contributed by atoms with van der Waals surface area (Å²) in [5.41, 5.74) is 3.33. The number of hydrogen-bond acceptors (Lipinski definition) is 3. The predicted octanol–water partition coefficient (Wildman–Crippen LogP) is 4.96. The summed E-state index contributed by atoms with van der Waals surface area (Å²) < 4.78 is 5.74. The first-order valence-electron chi connectivity index (χ1n) is 8.77. The lowest BCUT2D eigenvalue weighted by atomic mass is 10.1. The molecule has 4 heteroatoms. The Morgan fingerprint density at radius 3 is 2.19 bits per heavy atom. The van der Waals surface area contributed by atoms with E-state index in [-0.39, 0.29) is 11.7 Å². The molecule has 0 spiro atoms. The minimum Gasteiger partial charge on any atom is -0.481 e. The highest BCUT2D eigenvalue weighted by Gasteiger charge is 2.15. The van der Waals surface area contributed by atoms with Crippen LogP contribution in [0.4, 0.5) is 5.69 Å². The van der Waals surface area contributed by atoms with Crippen molar-refractivity contribution in [1.29, 1.82) is 0 Å². The Balaban J connectivity index is 1.63. The van der Waals surface area contributed by atoms with Gasteiger partial charge in [-0.2, -0.15) is 0 Å². The van der Waals surface area contributed by atoms with Crippen molar-refractivity contribution in [2.75, 3.05) is 5.32 Å². The summed E-state index contributed by atoms with van der Waals surface area (Å²) in [6, 6.07) is 24.5. The predicted molar refractivity (Wildman–Crippen MR) is 107 cm³/mol. The molecule has 0 aliphatic rings. The van der Waals surface area contributed by atoms with Crippen LogP contribution in [0.2, 0.25) is 0 Å². The molecule has 4 nitrogen and oxygen atoms in total. The number of ketones is 1. The summed E-state index contributed by atoms with van der Waals surface area (Å²) in [5, 5.41) is 2.78. The van der Waals surface area contributed by atoms with Crippen LogP contribution in [-0.4, -0.2) is 17.8 Å². The van der Waals surface area contributed by atoms with E-state index in [1.54, 1.807) is 31.2 Å². The monoisotopic (exact) mass is 359 g/mol. The van der Waals surface area contributed by atoms with Crippen molar-refractivity contribution in [2.24, 2.45) is 0 Å². The van der Waals surface area contributed by atoms with E-state index in [1.165, 1.54) is 6.92 Å². The quantitative estimate of drug-likeness (QED) is 0.633. The summed E-state index contributed by atoms with van der Waals surface area (Å²) >= 11 is 0. The van der Waals surface area contributed by atoms with Gasteiger partial charge in [0, 0.05) is 11.3 Å². The lowest BCUT2D eigenvalue weighted by Gasteiger charge is -2.15. The molecule has 0 aliphatic heterocycles. The second-order valence-electron chi connectivity index (χ2n) is 6.28. The number of benzene rings is 3. The van der Waals surface area contributed by atoms with Crippen LogP contribution < -0.4 is 10.1 Å². The second kappa shape index (κ2) is 8.32. The van der Waals surface area contributed by atoms with E-state index in [0.717, 1.165) is 11.1 Å². The van der Waals surface area contributed by atoms with Crippen LogP contribution in [0.3, 0.4) is 0 Å². The molecule has 136 valence electrons. The molecule has 0 heterocycles. The highest BCUT2D eigenvalue weighted by molar-refractivity contribution is 5.98. The number of anilines is 1. The minimum absolute atomic E-state index is 0.0473. The lowest BCUT2D eigenvalue weighted by Crippen LogP contribution is -2.30. The Bertz CT molecular complexity index is 933. The van der Waals surface area contributed by atoms with E-state index in [9.17, 15) is 9.59 Å². The zero-order valence-electron chi connectivity index (χ0n) is 15.3. The molecule has 3 aromatic rings. The first kappa shape index (κ1) is 18.4. The van der Waals surface area contributed by atoms with Gasteiger partial charge in [-0.15, -0.1) is 0 Å². The SMILES string of the molecule is CC(=O)c1cccc(NC(=O)[C@@H](C)Oc2ccc(-c3ccccc3)cc2)c1. The largest absolute Gasteiger partial charge is 0.481 e. The fourth-order valence-corrected chi connectivity index (χ4v) is 2.67. The highest BCUT2D eigenvalue weighted by atomic mass is 16.5. The maximum absolute atomic E-state index is 12.4. The van der Waals surface area contributed by atoms with E-state index in [1.807, 2.05) is 54.6 Å². The summed E-state index contributed by atoms with van der Waals surface area (Å²) in [7, 11) is 0. The number of amides is 1. The number of hydrogen-bond donors (Lipinski definition) is 1. The third kappa shape index (κ3) is 4.82. The van der Waals surface area contributed by atoms with E-state index < -0.39 is 6.10 Å². The van der Waals surface area contributed by atoms with Gasteiger partial charge in [0.05, 0.1) is 0 Å². The topological polar surface area (TPSA) is 55.4 Å². The van der Waals surface area contributed by atoms with Crippen LogP contribution in [0.25, 0.3) is 11.1 Å². The molecule has 1 amide bonds. The van der Waals surface area contributed by atoms with Gasteiger partial charge in [0.2, 0.25) is 0 Å². The van der Waals surface area contributed by atoms with Crippen LogP contribution >= 0.6 is 0 Å². The number of carbonyl (C=O) groups is 2. The summed E-state index contributed by atoms with van der Waals surface area (Å²) in [5.74, 6) is 0.298. The number of nitrogens with one attached hydrogen (secondary N) is 1. The standard InChI is InChI=1S/C23H21NO3/c1-16(25)20-9-6-10-21(15-20)24-23(26)17(2)27-22-13-11-19(12-14-22)18-7-4-3-5-8-18/h3-15,17H,1-2H3,(H,24,26)/t17-/m1/s1. The molecule has 0 radical (unpaired) electrons. The molecular formula is C23H21NO3. The van der Waals surface area contributed by atoms with Crippen LogP contribution in [0.1, 0.15) is 24.2 Å². The molecular weight excluding hydrogens is 338 g/mol. The minimum atomic E-state index is -0.673. The normalized spacial score (nSPS) is 11.5. The van der Waals surface area contributed by atoms with Crippen molar-refractivity contribution in [2.45, 2.75) is 20.0 Å². The molecule has 0 saturated carbocycles. The van der Waals surface area contributed by atoms with Gasteiger partial charge in [0.15, 0.2) is 11.9 Å². The smallest absolute Gasteiger partial charge is 0.265 e. The molecule has 0 bridgehead atoms. The van der Waals surface area contributed by atoms with Gasteiger partial charge >= 0.3 is 0 Å². The van der Waals surface area contributed by atoms with Crippen LogP contribution in [-0.2, 0) is 4.79 Å². The van der Waals surface area contributed by atoms with Gasteiger partial charge in [-0.25, -0.2) is 0 Å². The average Bonchev–Trinajstić information content (AvgIpc) is 2.69. The van der Waals surface area contributed by atoms with Crippen molar-refractivity contribution in [3.8, 4) is 16.9 Å². The zero-order chi connectivity index (χ0) is 19.2. The Labute approximate surface area is 158 Å². The van der Waals surface area contributed by atoms with E-state index >= 15 is 0 Å². The lowest BCUT2D eigenvalue weighted by molar-refractivity contribution is -0.122. The molecule has 1 atom stereocenters. The number of carbonyl (C=O) groups excluding carboxylic acids is 2. The van der Waals surface area contributed by atoms with Crippen LogP contribution in [0.5, 0.6) is 5.75 Å². The second-order valence-corrected chi connectivity index (χ2v) is 6.28. The van der Waals surface area contributed by atoms with Gasteiger partial charge in [0.1, 0.15) is 5.75 Å². The Morgan fingerprint density at radius 2 is 1.52 bits per heavy atom. The van der Waals surface area contributed by atoms with Gasteiger partial charge < -0.3 is 10.1 Å². The van der Waals surface area contributed by atoms with Gasteiger partial charge in [-0.05, 0) is 49.2 Å². The molecule has 0 fully saturated rings. The Hall–Kier alpha value is -3.40.